The number of pyridine rings is 1. The summed E-state index contributed by atoms with van der Waals surface area (Å²) in [5.41, 5.74) is -1.55. The minimum atomic E-state index is -4.56. The molecular weight excluding hydrogens is 425 g/mol. The molecule has 0 bridgehead atoms. The van der Waals surface area contributed by atoms with E-state index in [1.807, 2.05) is 0 Å². The molecular formula is C18H32ClF3N2O2Si2. The van der Waals surface area contributed by atoms with E-state index in [-0.39, 0.29) is 12.1 Å². The summed E-state index contributed by atoms with van der Waals surface area (Å²) < 4.78 is 46.1. The van der Waals surface area contributed by atoms with E-state index in [4.69, 9.17) is 16.3 Å². The van der Waals surface area contributed by atoms with Crippen LogP contribution in [0.4, 0.5) is 13.2 Å². The number of aromatic nitrogens is 1. The molecule has 1 heterocycles. The third-order valence-corrected chi connectivity index (χ3v) is 9.00. The van der Waals surface area contributed by atoms with E-state index < -0.39 is 44.9 Å². The van der Waals surface area contributed by atoms with Gasteiger partial charge >= 0.3 is 12.1 Å². The predicted molar refractivity (Wildman–Crippen MR) is 114 cm³/mol. The van der Waals surface area contributed by atoms with Crippen LogP contribution in [-0.2, 0) is 22.1 Å². The molecule has 0 amide bonds. The lowest BCUT2D eigenvalue weighted by molar-refractivity contribution is -0.154. The van der Waals surface area contributed by atoms with Crippen LogP contribution in [0, 0.1) is 0 Å². The smallest absolute Gasteiger partial charge is 0.419 e. The van der Waals surface area contributed by atoms with E-state index in [0.717, 1.165) is 12.1 Å². The highest BCUT2D eigenvalue weighted by molar-refractivity contribution is 6.90. The van der Waals surface area contributed by atoms with Crippen LogP contribution >= 0.6 is 11.6 Å². The average Bonchev–Trinajstić information content (AvgIpc) is 2.30. The molecule has 1 aromatic heterocycles. The molecule has 0 saturated carbocycles. The Morgan fingerprint density at radius 1 is 1.07 bits per heavy atom. The third kappa shape index (κ3) is 13.3. The maximum atomic E-state index is 12.4. The lowest BCUT2D eigenvalue weighted by Crippen LogP contribution is -2.55. The van der Waals surface area contributed by atoms with Gasteiger partial charge in [-0.15, -0.1) is 0 Å². The second kappa shape index (κ2) is 9.73. The Bertz CT molecular complexity index is 653. The van der Waals surface area contributed by atoms with Gasteiger partial charge in [-0.2, -0.15) is 13.2 Å². The van der Waals surface area contributed by atoms with Gasteiger partial charge in [0.2, 0.25) is 0 Å². The highest BCUT2D eigenvalue weighted by atomic mass is 35.5. The topological polar surface area (TPSA) is 51.2 Å². The molecule has 0 radical (unpaired) electrons. The molecule has 0 aliphatic carbocycles. The van der Waals surface area contributed by atoms with Crippen molar-refractivity contribution in [3.63, 3.8) is 0 Å². The summed E-state index contributed by atoms with van der Waals surface area (Å²) >= 11 is 5.45. The highest BCUT2D eigenvalue weighted by Crippen LogP contribution is 2.33. The number of ether oxygens (including phenoxy) is 1. The fourth-order valence-corrected chi connectivity index (χ4v) is 11.7. The van der Waals surface area contributed by atoms with Crippen molar-refractivity contribution in [3.05, 3.63) is 28.5 Å². The van der Waals surface area contributed by atoms with Gasteiger partial charge in [0.1, 0.15) is 27.2 Å². The Kier molecular flexibility index (Phi) is 9.42. The maximum Gasteiger partial charge on any atom is 0.419 e. The molecule has 0 saturated heterocycles. The minimum absolute atomic E-state index is 0.132. The molecule has 1 rings (SSSR count). The number of hydrogen-bond acceptors (Lipinski definition) is 4. The number of halogens is 4. The van der Waals surface area contributed by atoms with Crippen LogP contribution in [0.5, 0.6) is 0 Å². The van der Waals surface area contributed by atoms with Crippen molar-refractivity contribution in [2.75, 3.05) is 0 Å². The number of carbonyl (C=O) groups is 1. The van der Waals surface area contributed by atoms with Crippen molar-refractivity contribution in [3.8, 4) is 0 Å². The lowest BCUT2D eigenvalue weighted by Gasteiger charge is -2.28. The van der Waals surface area contributed by atoms with Gasteiger partial charge in [0.25, 0.3) is 0 Å². The first-order chi connectivity index (χ1) is 12.2. The first-order valence-corrected chi connectivity index (χ1v) is 16.3. The summed E-state index contributed by atoms with van der Waals surface area (Å²) in [4.78, 5) is 15.0. The van der Waals surface area contributed by atoms with Crippen molar-refractivity contribution in [2.45, 2.75) is 78.3 Å². The number of esters is 1. The molecule has 0 unspecified atom stereocenters. The summed E-state index contributed by atoms with van der Waals surface area (Å²) in [6, 6.07) is 1.91. The Morgan fingerprint density at radius 2 is 1.54 bits per heavy atom. The zero-order valence-electron chi connectivity index (χ0n) is 18.1. The normalized spacial score (nSPS) is 12.9. The van der Waals surface area contributed by atoms with Crippen LogP contribution < -0.4 is 4.65 Å². The average molecular weight is 457 g/mol. The fraction of sp³-hybridized carbons (Fsp3) is 0.667. The van der Waals surface area contributed by atoms with Gasteiger partial charge in [-0.05, 0) is 32.9 Å². The number of nitrogens with zero attached hydrogens (tertiary/aromatic N) is 1. The Morgan fingerprint density at radius 3 is 1.82 bits per heavy atom. The molecule has 0 fully saturated rings. The van der Waals surface area contributed by atoms with Crippen molar-refractivity contribution in [1.29, 1.82) is 0 Å². The van der Waals surface area contributed by atoms with Crippen molar-refractivity contribution in [1.82, 2.24) is 9.63 Å². The van der Waals surface area contributed by atoms with Crippen LogP contribution in [0.1, 0.15) is 32.0 Å². The van der Waals surface area contributed by atoms with Crippen LogP contribution in [0.15, 0.2) is 12.1 Å². The summed E-state index contributed by atoms with van der Waals surface area (Å²) in [5, 5.41) is -0.673. The van der Waals surface area contributed by atoms with E-state index in [9.17, 15) is 18.0 Å². The maximum absolute atomic E-state index is 12.4. The molecule has 4 nitrogen and oxygen atoms in total. The highest BCUT2D eigenvalue weighted by Gasteiger charge is 2.34. The Balaban J connectivity index is 0.000000684. The van der Waals surface area contributed by atoms with Gasteiger partial charge in [0, 0.05) is 0 Å². The number of hydrogen-bond donors (Lipinski definition) is 1. The quantitative estimate of drug-likeness (QED) is 0.349. The van der Waals surface area contributed by atoms with E-state index >= 15 is 0 Å². The molecule has 162 valence electrons. The molecule has 0 aliphatic rings. The van der Waals surface area contributed by atoms with Crippen molar-refractivity contribution < 1.29 is 22.7 Å². The minimum Gasteiger partial charge on any atom is -0.460 e. The number of nitrogens with one attached hydrogen (secondary N) is 1. The molecule has 0 aliphatic heterocycles. The Labute approximate surface area is 173 Å². The van der Waals surface area contributed by atoms with Crippen molar-refractivity contribution >= 4 is 34.0 Å². The number of rotatable bonds is 4. The van der Waals surface area contributed by atoms with Crippen LogP contribution in [-0.4, -0.2) is 33.0 Å². The van der Waals surface area contributed by atoms with Crippen LogP contribution in [0.25, 0.3) is 0 Å². The predicted octanol–water partition coefficient (Wildman–Crippen LogP) is 5.88. The SMILES string of the molecule is CC(C)(C)OC(=O)Cc1ccc(C(F)(F)F)c(Cl)n1.C[Si](C)(C)N[Si](C)(C)C. The summed E-state index contributed by atoms with van der Waals surface area (Å²) in [6.07, 6.45) is -4.79. The summed E-state index contributed by atoms with van der Waals surface area (Å²) in [6.45, 7) is 19.2. The van der Waals surface area contributed by atoms with E-state index in [1.54, 1.807) is 20.8 Å². The van der Waals surface area contributed by atoms with E-state index in [1.165, 1.54) is 0 Å². The molecule has 10 heteroatoms. The molecule has 0 spiro atoms. The monoisotopic (exact) mass is 456 g/mol. The van der Waals surface area contributed by atoms with Crippen LogP contribution in [0.2, 0.25) is 44.4 Å². The zero-order chi connectivity index (χ0) is 22.6. The second-order valence-electron chi connectivity index (χ2n) is 9.53. The van der Waals surface area contributed by atoms with Crippen molar-refractivity contribution in [2.24, 2.45) is 0 Å². The van der Waals surface area contributed by atoms with Gasteiger partial charge < -0.3 is 9.38 Å². The number of alkyl halides is 3. The van der Waals surface area contributed by atoms with Gasteiger partial charge in [0.15, 0.2) is 0 Å². The largest absolute Gasteiger partial charge is 0.460 e. The lowest BCUT2D eigenvalue weighted by atomic mass is 10.2. The first-order valence-electron chi connectivity index (χ1n) is 8.93. The summed E-state index contributed by atoms with van der Waals surface area (Å²) in [7, 11) is -1.96. The summed E-state index contributed by atoms with van der Waals surface area (Å²) in [5.74, 6) is -0.573. The van der Waals surface area contributed by atoms with Gasteiger partial charge in [-0.3, -0.25) is 4.79 Å². The van der Waals surface area contributed by atoms with E-state index in [0.29, 0.717) is 0 Å². The molecule has 1 aromatic rings. The third-order valence-electron chi connectivity index (χ3n) is 2.71. The molecule has 0 aromatic carbocycles. The first kappa shape index (κ1) is 27.1. The van der Waals surface area contributed by atoms with Gasteiger partial charge in [-0.1, -0.05) is 50.9 Å². The second-order valence-corrected chi connectivity index (χ2v) is 19.9. The molecule has 1 N–H and O–H groups in total. The standard InChI is InChI=1S/C12H13ClF3NO2.C6H19NSi2/c1-11(2,3)19-9(18)6-7-4-5-8(10(13)17-7)12(14,15)16;1-8(2,3)7-9(4,5)6/h4-5H,6H2,1-3H3;7H,1-6H3. The van der Waals surface area contributed by atoms with Gasteiger partial charge in [-0.25, -0.2) is 4.98 Å². The zero-order valence-corrected chi connectivity index (χ0v) is 20.9. The van der Waals surface area contributed by atoms with Gasteiger partial charge in [0.05, 0.1) is 17.7 Å². The Hall–Kier alpha value is -0.906. The fourth-order valence-electron chi connectivity index (χ4n) is 2.43. The molecule has 28 heavy (non-hydrogen) atoms. The molecule has 0 atom stereocenters. The van der Waals surface area contributed by atoms with E-state index in [2.05, 4.69) is 48.9 Å². The van der Waals surface area contributed by atoms with Crippen LogP contribution in [0.3, 0.4) is 0 Å². The number of carbonyl (C=O) groups excluding carboxylic acids is 1.